The second-order valence-electron chi connectivity index (χ2n) is 6.25. The van der Waals surface area contributed by atoms with Gasteiger partial charge in [0, 0.05) is 11.8 Å². The van der Waals surface area contributed by atoms with Gasteiger partial charge in [-0.3, -0.25) is 0 Å². The summed E-state index contributed by atoms with van der Waals surface area (Å²) in [6, 6.07) is 8.59. The predicted octanol–water partition coefficient (Wildman–Crippen LogP) is 4.23. The number of rotatable bonds is 1. The van der Waals surface area contributed by atoms with Crippen LogP contribution in [0.25, 0.3) is 22.4 Å². The number of aromatic amines is 1. The Kier molecular flexibility index (Phi) is 2.85. The van der Waals surface area contributed by atoms with Crippen molar-refractivity contribution in [2.45, 2.75) is 33.1 Å². The van der Waals surface area contributed by atoms with Crippen LogP contribution >= 0.6 is 0 Å². The summed E-state index contributed by atoms with van der Waals surface area (Å²) in [7, 11) is 0. The fourth-order valence-corrected chi connectivity index (χ4v) is 2.29. The first kappa shape index (κ1) is 12.9. The lowest BCUT2D eigenvalue weighted by Crippen LogP contribution is -2.10. The van der Waals surface area contributed by atoms with Crippen molar-refractivity contribution >= 4 is 11.2 Å². The lowest BCUT2D eigenvalue weighted by molar-refractivity contribution is 0.590. The topological polar surface area (TPSA) is 41.6 Å². The van der Waals surface area contributed by atoms with E-state index in [-0.39, 0.29) is 5.41 Å². The van der Waals surface area contributed by atoms with Crippen LogP contribution in [0.1, 0.15) is 31.9 Å². The van der Waals surface area contributed by atoms with Crippen LogP contribution in [0.15, 0.2) is 36.7 Å². The molecule has 0 aliphatic carbocycles. The lowest BCUT2D eigenvalue weighted by Gasteiger charge is -2.19. The van der Waals surface area contributed by atoms with E-state index in [0.717, 1.165) is 28.0 Å². The molecule has 1 aromatic carbocycles. The monoisotopic (exact) mass is 265 g/mol. The van der Waals surface area contributed by atoms with Crippen LogP contribution in [0.5, 0.6) is 0 Å². The Hall–Kier alpha value is -2.16. The molecule has 0 saturated carbocycles. The summed E-state index contributed by atoms with van der Waals surface area (Å²) in [6.45, 7) is 8.70. The van der Waals surface area contributed by atoms with Crippen molar-refractivity contribution in [2.75, 3.05) is 0 Å². The fraction of sp³-hybridized carbons (Fsp3) is 0.294. The van der Waals surface area contributed by atoms with Crippen molar-refractivity contribution < 1.29 is 0 Å². The first-order chi connectivity index (χ1) is 9.45. The van der Waals surface area contributed by atoms with Gasteiger partial charge in [0.05, 0.1) is 11.9 Å². The van der Waals surface area contributed by atoms with E-state index in [0.29, 0.717) is 0 Å². The van der Waals surface area contributed by atoms with Gasteiger partial charge in [-0.2, -0.15) is 0 Å². The maximum Gasteiger partial charge on any atom is 0.156 e. The van der Waals surface area contributed by atoms with Crippen molar-refractivity contribution in [3.63, 3.8) is 0 Å². The highest BCUT2D eigenvalue weighted by Crippen LogP contribution is 2.26. The zero-order valence-corrected chi connectivity index (χ0v) is 12.4. The summed E-state index contributed by atoms with van der Waals surface area (Å²) in [4.78, 5) is 12.3. The van der Waals surface area contributed by atoms with Gasteiger partial charge in [0.1, 0.15) is 5.52 Å². The number of H-pyrrole nitrogens is 1. The molecule has 0 amide bonds. The molecular weight excluding hydrogens is 246 g/mol. The molecule has 0 unspecified atom stereocenters. The molecule has 2 heterocycles. The van der Waals surface area contributed by atoms with Crippen molar-refractivity contribution in [3.05, 3.63) is 47.8 Å². The van der Waals surface area contributed by atoms with Gasteiger partial charge in [-0.1, -0.05) is 45.0 Å². The van der Waals surface area contributed by atoms with Crippen LogP contribution in [0.3, 0.4) is 0 Å². The zero-order chi connectivity index (χ0) is 14.3. The van der Waals surface area contributed by atoms with E-state index in [1.54, 1.807) is 0 Å². The Morgan fingerprint density at radius 1 is 1.05 bits per heavy atom. The standard InChI is InChI=1S/C17H19N3/c1-11-9-18-16-15(11)20-14(10-19-16)12-5-7-13(8-6-12)17(2,3)4/h5-10H,1-4H3,(H,18,19). The molecule has 102 valence electrons. The van der Waals surface area contributed by atoms with Gasteiger partial charge in [0.15, 0.2) is 5.65 Å². The van der Waals surface area contributed by atoms with Crippen LogP contribution in [0.2, 0.25) is 0 Å². The minimum atomic E-state index is 0.172. The van der Waals surface area contributed by atoms with Crippen molar-refractivity contribution in [1.29, 1.82) is 0 Å². The van der Waals surface area contributed by atoms with E-state index in [1.807, 2.05) is 19.3 Å². The van der Waals surface area contributed by atoms with Crippen molar-refractivity contribution in [2.24, 2.45) is 0 Å². The number of benzene rings is 1. The van der Waals surface area contributed by atoms with E-state index in [4.69, 9.17) is 4.98 Å². The molecule has 0 saturated heterocycles. The first-order valence-electron chi connectivity index (χ1n) is 6.87. The molecule has 3 aromatic rings. The molecule has 20 heavy (non-hydrogen) atoms. The molecule has 0 bridgehead atoms. The van der Waals surface area contributed by atoms with E-state index >= 15 is 0 Å². The molecule has 2 aromatic heterocycles. The maximum atomic E-state index is 4.70. The number of fused-ring (bicyclic) bond motifs is 1. The second-order valence-corrected chi connectivity index (χ2v) is 6.25. The lowest BCUT2D eigenvalue weighted by atomic mass is 9.86. The molecule has 0 radical (unpaired) electrons. The van der Waals surface area contributed by atoms with E-state index < -0.39 is 0 Å². The van der Waals surface area contributed by atoms with Gasteiger partial charge >= 0.3 is 0 Å². The number of hydrogen-bond donors (Lipinski definition) is 1. The number of nitrogens with one attached hydrogen (secondary N) is 1. The number of aromatic nitrogens is 3. The minimum Gasteiger partial charge on any atom is -0.345 e. The summed E-state index contributed by atoms with van der Waals surface area (Å²) in [5, 5.41) is 0. The van der Waals surface area contributed by atoms with Gasteiger partial charge in [-0.25, -0.2) is 9.97 Å². The van der Waals surface area contributed by atoms with Gasteiger partial charge in [-0.15, -0.1) is 0 Å². The zero-order valence-electron chi connectivity index (χ0n) is 12.4. The highest BCUT2D eigenvalue weighted by Gasteiger charge is 2.13. The Morgan fingerprint density at radius 3 is 2.40 bits per heavy atom. The third-order valence-corrected chi connectivity index (χ3v) is 3.62. The van der Waals surface area contributed by atoms with Gasteiger partial charge < -0.3 is 4.98 Å². The Morgan fingerprint density at radius 2 is 1.75 bits per heavy atom. The Balaban J connectivity index is 2.04. The fourth-order valence-electron chi connectivity index (χ4n) is 2.29. The molecule has 3 nitrogen and oxygen atoms in total. The van der Waals surface area contributed by atoms with Crippen LogP contribution in [-0.4, -0.2) is 15.0 Å². The van der Waals surface area contributed by atoms with Gasteiger partial charge in [0.25, 0.3) is 0 Å². The summed E-state index contributed by atoms with van der Waals surface area (Å²) in [5.41, 5.74) is 6.44. The highest BCUT2D eigenvalue weighted by molar-refractivity contribution is 5.77. The van der Waals surface area contributed by atoms with E-state index in [2.05, 4.69) is 55.0 Å². The SMILES string of the molecule is Cc1c[nH]c2ncc(-c3ccc(C(C)(C)C)cc3)nc12. The normalized spacial score (nSPS) is 12.0. The molecular formula is C17H19N3. The van der Waals surface area contributed by atoms with E-state index in [1.165, 1.54) is 5.56 Å². The molecule has 0 aliphatic heterocycles. The average molecular weight is 265 g/mol. The average Bonchev–Trinajstić information content (AvgIpc) is 2.79. The summed E-state index contributed by atoms with van der Waals surface area (Å²) in [6.07, 6.45) is 3.77. The van der Waals surface area contributed by atoms with Crippen LogP contribution in [0.4, 0.5) is 0 Å². The third-order valence-electron chi connectivity index (χ3n) is 3.62. The summed E-state index contributed by atoms with van der Waals surface area (Å²) in [5.74, 6) is 0. The highest BCUT2D eigenvalue weighted by atomic mass is 14.9. The van der Waals surface area contributed by atoms with Gasteiger partial charge in [-0.05, 0) is 23.5 Å². The van der Waals surface area contributed by atoms with E-state index in [9.17, 15) is 0 Å². The Bertz CT molecular complexity index is 746. The van der Waals surface area contributed by atoms with Crippen molar-refractivity contribution in [3.8, 4) is 11.3 Å². The molecule has 0 aliphatic rings. The Labute approximate surface area is 119 Å². The number of nitrogens with zero attached hydrogens (tertiary/aromatic N) is 2. The molecule has 0 spiro atoms. The van der Waals surface area contributed by atoms with Crippen LogP contribution in [0, 0.1) is 6.92 Å². The van der Waals surface area contributed by atoms with Gasteiger partial charge in [0.2, 0.25) is 0 Å². The first-order valence-corrected chi connectivity index (χ1v) is 6.87. The molecule has 1 N–H and O–H groups in total. The minimum absolute atomic E-state index is 0.172. The van der Waals surface area contributed by atoms with Crippen LogP contribution < -0.4 is 0 Å². The largest absolute Gasteiger partial charge is 0.345 e. The molecule has 0 atom stereocenters. The van der Waals surface area contributed by atoms with Crippen LogP contribution in [-0.2, 0) is 5.41 Å². The second kappa shape index (κ2) is 4.44. The van der Waals surface area contributed by atoms with Crippen molar-refractivity contribution in [1.82, 2.24) is 15.0 Å². The third kappa shape index (κ3) is 2.20. The molecule has 0 fully saturated rings. The summed E-state index contributed by atoms with van der Waals surface area (Å²) < 4.78 is 0. The smallest absolute Gasteiger partial charge is 0.156 e. The molecule has 3 rings (SSSR count). The number of hydrogen-bond acceptors (Lipinski definition) is 2. The molecule has 3 heteroatoms. The maximum absolute atomic E-state index is 4.70. The number of aryl methyl sites for hydroxylation is 1. The quantitative estimate of drug-likeness (QED) is 0.715. The summed E-state index contributed by atoms with van der Waals surface area (Å²) >= 11 is 0. The predicted molar refractivity (Wildman–Crippen MR) is 82.8 cm³/mol.